The van der Waals surface area contributed by atoms with E-state index < -0.39 is 28.4 Å². The first-order valence-electron chi connectivity index (χ1n) is 3.92. The standard InChI is InChI=1S/C8H8FN3O3/c9-4-1-2-5(7(10)8(11)13)6(3-4)12(14)15/h1-3,7H,10H2,(H2,11,13). The monoisotopic (exact) mass is 213 g/mol. The van der Waals surface area contributed by atoms with Crippen LogP contribution in [0.15, 0.2) is 18.2 Å². The van der Waals surface area contributed by atoms with Crippen LogP contribution in [0.1, 0.15) is 11.6 Å². The molecule has 0 aromatic heterocycles. The predicted octanol–water partition coefficient (Wildman–Crippen LogP) is 0.219. The molecule has 1 atom stereocenters. The minimum absolute atomic E-state index is 0.103. The molecular weight excluding hydrogens is 205 g/mol. The van der Waals surface area contributed by atoms with E-state index in [9.17, 15) is 19.3 Å². The molecule has 0 aliphatic heterocycles. The molecule has 4 N–H and O–H groups in total. The number of hydrogen-bond acceptors (Lipinski definition) is 4. The Kier molecular flexibility index (Phi) is 2.96. The van der Waals surface area contributed by atoms with Crippen molar-refractivity contribution in [2.75, 3.05) is 0 Å². The van der Waals surface area contributed by atoms with Gasteiger partial charge in [0.25, 0.3) is 5.69 Å². The molecule has 0 spiro atoms. The Morgan fingerprint density at radius 1 is 1.53 bits per heavy atom. The lowest BCUT2D eigenvalue weighted by Gasteiger charge is -2.07. The van der Waals surface area contributed by atoms with Crippen molar-refractivity contribution in [3.63, 3.8) is 0 Å². The summed E-state index contributed by atoms with van der Waals surface area (Å²) in [4.78, 5) is 20.5. The van der Waals surface area contributed by atoms with Gasteiger partial charge in [-0.3, -0.25) is 14.9 Å². The molecule has 0 radical (unpaired) electrons. The van der Waals surface area contributed by atoms with E-state index in [1.54, 1.807) is 0 Å². The fraction of sp³-hybridized carbons (Fsp3) is 0.125. The molecule has 0 heterocycles. The van der Waals surface area contributed by atoms with Crippen LogP contribution in [-0.2, 0) is 4.79 Å². The van der Waals surface area contributed by atoms with E-state index in [4.69, 9.17) is 11.5 Å². The highest BCUT2D eigenvalue weighted by Crippen LogP contribution is 2.24. The zero-order valence-corrected chi connectivity index (χ0v) is 7.51. The molecule has 0 fully saturated rings. The SMILES string of the molecule is NC(=O)C(N)c1ccc(F)cc1[N+](=O)[O-]. The lowest BCUT2D eigenvalue weighted by Crippen LogP contribution is -2.28. The zero-order valence-electron chi connectivity index (χ0n) is 7.51. The van der Waals surface area contributed by atoms with Gasteiger partial charge in [-0.2, -0.15) is 0 Å². The molecule has 1 amide bonds. The maximum atomic E-state index is 12.7. The summed E-state index contributed by atoms with van der Waals surface area (Å²) in [6.07, 6.45) is 0. The van der Waals surface area contributed by atoms with Crippen LogP contribution < -0.4 is 11.5 Å². The molecule has 7 heteroatoms. The van der Waals surface area contributed by atoms with Crippen molar-refractivity contribution in [2.45, 2.75) is 6.04 Å². The number of benzene rings is 1. The number of nitrogens with two attached hydrogens (primary N) is 2. The highest BCUT2D eigenvalue weighted by molar-refractivity contribution is 5.82. The predicted molar refractivity (Wildman–Crippen MR) is 49.2 cm³/mol. The van der Waals surface area contributed by atoms with Crippen LogP contribution >= 0.6 is 0 Å². The maximum absolute atomic E-state index is 12.7. The smallest absolute Gasteiger partial charge is 0.277 e. The average molecular weight is 213 g/mol. The van der Waals surface area contributed by atoms with Crippen LogP contribution in [0.5, 0.6) is 0 Å². The minimum Gasteiger partial charge on any atom is -0.368 e. The van der Waals surface area contributed by atoms with Gasteiger partial charge in [0, 0.05) is 0 Å². The molecule has 6 nitrogen and oxygen atoms in total. The first-order chi connectivity index (χ1) is 6.93. The van der Waals surface area contributed by atoms with Crippen LogP contribution in [0.3, 0.4) is 0 Å². The van der Waals surface area contributed by atoms with Gasteiger partial charge >= 0.3 is 0 Å². The molecule has 0 aliphatic rings. The third-order valence-corrected chi connectivity index (χ3v) is 1.83. The highest BCUT2D eigenvalue weighted by atomic mass is 19.1. The van der Waals surface area contributed by atoms with E-state index in [-0.39, 0.29) is 5.56 Å². The molecule has 1 rings (SSSR count). The van der Waals surface area contributed by atoms with Gasteiger partial charge < -0.3 is 11.5 Å². The fourth-order valence-electron chi connectivity index (χ4n) is 1.09. The Morgan fingerprint density at radius 2 is 2.13 bits per heavy atom. The molecule has 80 valence electrons. The number of rotatable bonds is 3. The van der Waals surface area contributed by atoms with Crippen molar-refractivity contribution >= 4 is 11.6 Å². The Morgan fingerprint density at radius 3 is 2.60 bits per heavy atom. The van der Waals surface area contributed by atoms with E-state index >= 15 is 0 Å². The Balaban J connectivity index is 3.28. The van der Waals surface area contributed by atoms with Crippen LogP contribution in [0.4, 0.5) is 10.1 Å². The Labute approximate surface area is 83.8 Å². The molecule has 0 bridgehead atoms. The Bertz CT molecular complexity index is 422. The molecule has 0 aliphatic carbocycles. The van der Waals surface area contributed by atoms with Crippen molar-refractivity contribution < 1.29 is 14.1 Å². The largest absolute Gasteiger partial charge is 0.368 e. The second kappa shape index (κ2) is 4.01. The lowest BCUT2D eigenvalue weighted by molar-refractivity contribution is -0.385. The van der Waals surface area contributed by atoms with E-state index in [0.717, 1.165) is 12.1 Å². The molecule has 1 unspecified atom stereocenters. The van der Waals surface area contributed by atoms with Gasteiger partial charge in [0.2, 0.25) is 5.91 Å². The maximum Gasteiger partial charge on any atom is 0.277 e. The molecule has 0 saturated heterocycles. The molecule has 0 saturated carbocycles. The second-order valence-corrected chi connectivity index (χ2v) is 2.84. The van der Waals surface area contributed by atoms with Crippen LogP contribution in [0.25, 0.3) is 0 Å². The van der Waals surface area contributed by atoms with E-state index in [1.807, 2.05) is 0 Å². The van der Waals surface area contributed by atoms with Crippen LogP contribution in [0, 0.1) is 15.9 Å². The number of nitrogens with zero attached hydrogens (tertiary/aromatic N) is 1. The number of carbonyl (C=O) groups excluding carboxylic acids is 1. The van der Waals surface area contributed by atoms with Crippen LogP contribution in [-0.4, -0.2) is 10.8 Å². The van der Waals surface area contributed by atoms with Crippen molar-refractivity contribution in [1.29, 1.82) is 0 Å². The summed E-state index contributed by atoms with van der Waals surface area (Å²) in [6, 6.07) is 1.43. The second-order valence-electron chi connectivity index (χ2n) is 2.84. The molecule has 1 aromatic carbocycles. The number of hydrogen-bond donors (Lipinski definition) is 2. The van der Waals surface area contributed by atoms with Gasteiger partial charge in [0.05, 0.1) is 16.6 Å². The van der Waals surface area contributed by atoms with E-state index in [1.165, 1.54) is 0 Å². The van der Waals surface area contributed by atoms with E-state index in [2.05, 4.69) is 0 Å². The van der Waals surface area contributed by atoms with Crippen molar-refractivity contribution in [3.8, 4) is 0 Å². The summed E-state index contributed by atoms with van der Waals surface area (Å²) in [5.74, 6) is -1.69. The van der Waals surface area contributed by atoms with Gasteiger partial charge in [-0.05, 0) is 12.1 Å². The first kappa shape index (κ1) is 11.1. The third-order valence-electron chi connectivity index (χ3n) is 1.83. The molecule has 15 heavy (non-hydrogen) atoms. The quantitative estimate of drug-likeness (QED) is 0.552. The number of primary amides is 1. The lowest BCUT2D eigenvalue weighted by atomic mass is 10.1. The molecular formula is C8H8FN3O3. The topological polar surface area (TPSA) is 112 Å². The highest BCUT2D eigenvalue weighted by Gasteiger charge is 2.23. The fourth-order valence-corrected chi connectivity index (χ4v) is 1.09. The van der Waals surface area contributed by atoms with Gasteiger partial charge in [-0.25, -0.2) is 4.39 Å². The number of amides is 1. The number of halogens is 1. The summed E-state index contributed by atoms with van der Waals surface area (Å²) >= 11 is 0. The zero-order chi connectivity index (χ0) is 11.6. The summed E-state index contributed by atoms with van der Waals surface area (Å²) < 4.78 is 12.7. The van der Waals surface area contributed by atoms with Crippen molar-refractivity contribution in [2.24, 2.45) is 11.5 Å². The minimum atomic E-state index is -1.31. The number of nitro benzene ring substituents is 1. The first-order valence-corrected chi connectivity index (χ1v) is 3.92. The molecule has 1 aromatic rings. The van der Waals surface area contributed by atoms with E-state index in [0.29, 0.717) is 6.07 Å². The van der Waals surface area contributed by atoms with Crippen molar-refractivity contribution in [1.82, 2.24) is 0 Å². The summed E-state index contributed by atoms with van der Waals surface area (Å²) in [5, 5.41) is 10.5. The summed E-state index contributed by atoms with van der Waals surface area (Å²) in [6.45, 7) is 0. The van der Waals surface area contributed by atoms with Gasteiger partial charge in [0.1, 0.15) is 11.9 Å². The van der Waals surface area contributed by atoms with Crippen LogP contribution in [0.2, 0.25) is 0 Å². The number of nitro groups is 1. The summed E-state index contributed by atoms with van der Waals surface area (Å²) in [5.41, 5.74) is 9.56. The van der Waals surface area contributed by atoms with Gasteiger partial charge in [0.15, 0.2) is 0 Å². The average Bonchev–Trinajstić information content (AvgIpc) is 2.16. The van der Waals surface area contributed by atoms with Crippen molar-refractivity contribution in [3.05, 3.63) is 39.7 Å². The van der Waals surface area contributed by atoms with Gasteiger partial charge in [-0.1, -0.05) is 0 Å². The normalized spacial score (nSPS) is 12.1. The summed E-state index contributed by atoms with van der Waals surface area (Å²) in [7, 11) is 0. The third kappa shape index (κ3) is 2.26. The van der Waals surface area contributed by atoms with Gasteiger partial charge in [-0.15, -0.1) is 0 Å². The Hall–Kier alpha value is -2.02. The number of carbonyl (C=O) groups is 1.